The molecule has 2 aliphatic rings. The minimum absolute atomic E-state index is 0.356. The van der Waals surface area contributed by atoms with E-state index in [1.807, 2.05) is 0 Å². The van der Waals surface area contributed by atoms with Crippen LogP contribution >= 0.6 is 0 Å². The lowest BCUT2D eigenvalue weighted by atomic mass is 9.72. The third-order valence-electron chi connectivity index (χ3n) is 4.89. The molecule has 0 aromatic carbocycles. The molecule has 0 atom stereocenters. The van der Waals surface area contributed by atoms with Crippen molar-refractivity contribution < 1.29 is 0 Å². The summed E-state index contributed by atoms with van der Waals surface area (Å²) in [6.07, 6.45) is 14.1. The first-order chi connectivity index (χ1) is 8.50. The van der Waals surface area contributed by atoms with Gasteiger partial charge in [-0.05, 0) is 55.9 Å². The summed E-state index contributed by atoms with van der Waals surface area (Å²) in [4.78, 5) is 0. The summed E-state index contributed by atoms with van der Waals surface area (Å²) in [5.74, 6) is 0.758. The number of hydrogen-bond donors (Lipinski definition) is 0. The summed E-state index contributed by atoms with van der Waals surface area (Å²) in [5.41, 5.74) is 4.86. The van der Waals surface area contributed by atoms with E-state index >= 15 is 0 Å². The second-order valence-electron chi connectivity index (χ2n) is 6.82. The second kappa shape index (κ2) is 5.47. The quantitative estimate of drug-likeness (QED) is 0.549. The van der Waals surface area contributed by atoms with Crippen LogP contribution in [0.2, 0.25) is 0 Å². The van der Waals surface area contributed by atoms with Crippen LogP contribution in [0.1, 0.15) is 65.7 Å². The molecule has 0 heteroatoms. The number of hydrogen-bond acceptors (Lipinski definition) is 0. The Balaban J connectivity index is 2.09. The molecule has 0 N–H and O–H groups in total. The molecule has 100 valence electrons. The normalized spacial score (nSPS) is 25.1. The Kier molecular flexibility index (Phi) is 4.14. The minimum atomic E-state index is 0.356. The minimum Gasteiger partial charge on any atom is -0.0955 e. The van der Waals surface area contributed by atoms with Crippen molar-refractivity contribution >= 4 is 0 Å². The molecule has 0 heterocycles. The largest absolute Gasteiger partial charge is 0.0955 e. The van der Waals surface area contributed by atoms with E-state index in [1.54, 1.807) is 11.1 Å². The van der Waals surface area contributed by atoms with Crippen LogP contribution in [0.5, 0.6) is 0 Å². The molecule has 0 amide bonds. The van der Waals surface area contributed by atoms with Gasteiger partial charge in [-0.25, -0.2) is 0 Å². The Hall–Kier alpha value is -0.780. The predicted octanol–water partition coefficient (Wildman–Crippen LogP) is 5.82. The van der Waals surface area contributed by atoms with E-state index in [2.05, 4.69) is 39.5 Å². The van der Waals surface area contributed by atoms with Gasteiger partial charge in [-0.15, -0.1) is 0 Å². The van der Waals surface area contributed by atoms with Crippen LogP contribution in [-0.4, -0.2) is 0 Å². The van der Waals surface area contributed by atoms with E-state index in [4.69, 9.17) is 0 Å². The van der Waals surface area contributed by atoms with Crippen LogP contribution in [-0.2, 0) is 0 Å². The van der Waals surface area contributed by atoms with Crippen molar-refractivity contribution in [2.24, 2.45) is 11.3 Å². The molecule has 2 aliphatic carbocycles. The van der Waals surface area contributed by atoms with Crippen molar-refractivity contribution in [3.8, 4) is 0 Å². The summed E-state index contributed by atoms with van der Waals surface area (Å²) in [5, 5.41) is 0. The Bertz CT molecular complexity index is 373. The highest BCUT2D eigenvalue weighted by molar-refractivity contribution is 5.36. The molecular formula is C18H28. The van der Waals surface area contributed by atoms with Gasteiger partial charge in [-0.2, -0.15) is 0 Å². The molecule has 0 unspecified atom stereocenters. The fraction of sp³-hybridized carbons (Fsp3) is 0.667. The molecular weight excluding hydrogens is 216 g/mol. The van der Waals surface area contributed by atoms with Crippen LogP contribution in [0.15, 0.2) is 35.5 Å². The zero-order chi connectivity index (χ0) is 13.2. The summed E-state index contributed by atoms with van der Waals surface area (Å²) >= 11 is 0. The molecule has 0 aromatic rings. The molecule has 0 aromatic heterocycles. The topological polar surface area (TPSA) is 0 Å². The van der Waals surface area contributed by atoms with Gasteiger partial charge in [0.1, 0.15) is 0 Å². The zero-order valence-electron chi connectivity index (χ0n) is 12.4. The molecule has 0 aliphatic heterocycles. The van der Waals surface area contributed by atoms with E-state index < -0.39 is 0 Å². The van der Waals surface area contributed by atoms with Gasteiger partial charge < -0.3 is 0 Å². The molecule has 1 saturated carbocycles. The van der Waals surface area contributed by atoms with Gasteiger partial charge in [0, 0.05) is 0 Å². The fourth-order valence-corrected chi connectivity index (χ4v) is 3.63. The molecule has 0 saturated heterocycles. The smallest absolute Gasteiger partial charge is 0.0104 e. The molecule has 18 heavy (non-hydrogen) atoms. The van der Waals surface area contributed by atoms with E-state index in [1.165, 1.54) is 50.5 Å². The highest BCUT2D eigenvalue weighted by Gasteiger charge is 2.26. The van der Waals surface area contributed by atoms with Crippen molar-refractivity contribution in [3.63, 3.8) is 0 Å². The maximum Gasteiger partial charge on any atom is -0.0104 e. The molecule has 0 spiro atoms. The van der Waals surface area contributed by atoms with E-state index in [9.17, 15) is 0 Å². The Labute approximate surface area is 113 Å². The highest BCUT2D eigenvalue weighted by Crippen LogP contribution is 2.41. The summed E-state index contributed by atoms with van der Waals surface area (Å²) in [6, 6.07) is 0. The van der Waals surface area contributed by atoms with Gasteiger partial charge >= 0.3 is 0 Å². The SMILES string of the molecule is C=C(/C=C/C1=C(C)CCCC1(C)C)C1CCCC1. The van der Waals surface area contributed by atoms with Crippen molar-refractivity contribution in [2.45, 2.75) is 65.7 Å². The Morgan fingerprint density at radius 2 is 1.89 bits per heavy atom. The van der Waals surface area contributed by atoms with Crippen molar-refractivity contribution in [1.29, 1.82) is 0 Å². The monoisotopic (exact) mass is 244 g/mol. The van der Waals surface area contributed by atoms with Gasteiger partial charge in [0.05, 0.1) is 0 Å². The standard InChI is InChI=1S/C18H28/c1-14(16-9-5-6-10-16)11-12-17-15(2)8-7-13-18(17,3)4/h11-12,16H,1,5-10,13H2,2-4H3/b12-11+. The van der Waals surface area contributed by atoms with Gasteiger partial charge in [0.2, 0.25) is 0 Å². The predicted molar refractivity (Wildman–Crippen MR) is 80.6 cm³/mol. The molecule has 0 bridgehead atoms. The van der Waals surface area contributed by atoms with Crippen LogP contribution in [0.4, 0.5) is 0 Å². The summed E-state index contributed by atoms with van der Waals surface area (Å²) < 4.78 is 0. The third-order valence-corrected chi connectivity index (χ3v) is 4.89. The number of allylic oxidation sites excluding steroid dienone is 5. The van der Waals surface area contributed by atoms with Gasteiger partial charge in [-0.3, -0.25) is 0 Å². The van der Waals surface area contributed by atoms with Crippen LogP contribution < -0.4 is 0 Å². The maximum atomic E-state index is 4.28. The van der Waals surface area contributed by atoms with Crippen molar-refractivity contribution in [2.75, 3.05) is 0 Å². The molecule has 0 nitrogen and oxygen atoms in total. The average molecular weight is 244 g/mol. The Morgan fingerprint density at radius 1 is 1.22 bits per heavy atom. The van der Waals surface area contributed by atoms with Crippen molar-refractivity contribution in [3.05, 3.63) is 35.5 Å². The second-order valence-corrected chi connectivity index (χ2v) is 6.82. The molecule has 2 rings (SSSR count). The van der Waals surface area contributed by atoms with Crippen LogP contribution in [0.25, 0.3) is 0 Å². The van der Waals surface area contributed by atoms with Crippen LogP contribution in [0.3, 0.4) is 0 Å². The van der Waals surface area contributed by atoms with Gasteiger partial charge in [-0.1, -0.05) is 56.6 Å². The van der Waals surface area contributed by atoms with Crippen molar-refractivity contribution in [1.82, 2.24) is 0 Å². The van der Waals surface area contributed by atoms with Gasteiger partial charge in [0.25, 0.3) is 0 Å². The lowest BCUT2D eigenvalue weighted by molar-refractivity contribution is 0.376. The number of rotatable bonds is 3. The lowest BCUT2D eigenvalue weighted by Crippen LogP contribution is -2.19. The zero-order valence-corrected chi connectivity index (χ0v) is 12.4. The average Bonchev–Trinajstić information content (AvgIpc) is 2.80. The van der Waals surface area contributed by atoms with Gasteiger partial charge in [0.15, 0.2) is 0 Å². The summed E-state index contributed by atoms with van der Waals surface area (Å²) in [7, 11) is 0. The molecule has 1 fully saturated rings. The van der Waals surface area contributed by atoms with Crippen LogP contribution in [0, 0.1) is 11.3 Å². The van der Waals surface area contributed by atoms with E-state index in [0.29, 0.717) is 5.41 Å². The summed E-state index contributed by atoms with van der Waals surface area (Å²) in [6.45, 7) is 11.4. The maximum absolute atomic E-state index is 4.28. The first kappa shape index (κ1) is 13.6. The first-order valence-corrected chi connectivity index (χ1v) is 7.58. The first-order valence-electron chi connectivity index (χ1n) is 7.58. The van der Waals surface area contributed by atoms with E-state index in [-0.39, 0.29) is 0 Å². The highest BCUT2D eigenvalue weighted by atomic mass is 14.3. The van der Waals surface area contributed by atoms with E-state index in [0.717, 1.165) is 5.92 Å². The Morgan fingerprint density at radius 3 is 2.50 bits per heavy atom. The third kappa shape index (κ3) is 2.96. The lowest BCUT2D eigenvalue weighted by Gasteiger charge is -2.33. The molecule has 0 radical (unpaired) electrons. The fourth-order valence-electron chi connectivity index (χ4n) is 3.63.